The third-order valence-electron chi connectivity index (χ3n) is 9.45. The van der Waals surface area contributed by atoms with Crippen LogP contribution in [-0.2, 0) is 21.7 Å². The Morgan fingerprint density at radius 2 is 0.452 bits per heavy atom. The molecule has 0 heterocycles. The minimum Gasteiger partial charge on any atom is -0.0578 e. The molecule has 0 aliphatic heterocycles. The van der Waals surface area contributed by atoms with Crippen molar-refractivity contribution >= 4 is 53.9 Å². The van der Waals surface area contributed by atoms with E-state index in [1.54, 1.807) is 0 Å². The van der Waals surface area contributed by atoms with Crippen LogP contribution >= 0.6 is 0 Å². The normalized spacial score (nSPS) is 13.7. The van der Waals surface area contributed by atoms with Crippen molar-refractivity contribution in [3.63, 3.8) is 0 Å². The summed E-state index contributed by atoms with van der Waals surface area (Å²) < 4.78 is 0. The highest BCUT2D eigenvalue weighted by Gasteiger charge is 2.24. The maximum atomic E-state index is 2.50. The van der Waals surface area contributed by atoms with Crippen molar-refractivity contribution in [2.75, 3.05) is 0 Å². The van der Waals surface area contributed by atoms with Gasteiger partial charge in [0.15, 0.2) is 0 Å². The first-order chi connectivity index (χ1) is 19.4. The zero-order valence-electron chi connectivity index (χ0n) is 27.9. The molecule has 0 aromatic heterocycles. The summed E-state index contributed by atoms with van der Waals surface area (Å²) in [6.07, 6.45) is 0. The van der Waals surface area contributed by atoms with Gasteiger partial charge in [-0.05, 0) is 122 Å². The quantitative estimate of drug-likeness (QED) is 0.164. The Balaban J connectivity index is 2.00. The number of hydrogen-bond donors (Lipinski definition) is 0. The predicted octanol–water partition coefficient (Wildman–Crippen LogP) is 12.6. The first kappa shape index (κ1) is 28.7. The van der Waals surface area contributed by atoms with Gasteiger partial charge in [-0.15, -0.1) is 0 Å². The Morgan fingerprint density at radius 3 is 0.619 bits per heavy atom. The van der Waals surface area contributed by atoms with Crippen molar-refractivity contribution in [2.45, 2.75) is 105 Å². The SMILES string of the molecule is CC(C)(C)c1ccc2c3ccc(C(C)(C)C)cc3c3c4cc(C(C)(C)C)ccc4c4ccc(C(C)(C)C)cc4c3c2c1. The van der Waals surface area contributed by atoms with E-state index >= 15 is 0 Å². The molecule has 0 spiro atoms. The molecule has 0 saturated heterocycles. The van der Waals surface area contributed by atoms with Gasteiger partial charge in [0.1, 0.15) is 0 Å². The van der Waals surface area contributed by atoms with Gasteiger partial charge in [0.05, 0.1) is 0 Å². The second-order valence-electron chi connectivity index (χ2n) is 16.8. The van der Waals surface area contributed by atoms with Crippen molar-refractivity contribution in [3.05, 3.63) is 95.1 Å². The monoisotopic (exact) mass is 552 g/mol. The van der Waals surface area contributed by atoms with Crippen LogP contribution in [0.2, 0.25) is 0 Å². The van der Waals surface area contributed by atoms with Gasteiger partial charge in [-0.2, -0.15) is 0 Å². The van der Waals surface area contributed by atoms with E-state index in [1.165, 1.54) is 76.1 Å². The van der Waals surface area contributed by atoms with Gasteiger partial charge >= 0.3 is 0 Å². The molecule has 216 valence electrons. The Bertz CT molecular complexity index is 1740. The van der Waals surface area contributed by atoms with E-state index in [9.17, 15) is 0 Å². The molecule has 0 amide bonds. The molecule has 0 unspecified atom stereocenters. The van der Waals surface area contributed by atoms with Gasteiger partial charge in [-0.25, -0.2) is 0 Å². The van der Waals surface area contributed by atoms with Gasteiger partial charge in [0.2, 0.25) is 0 Å². The van der Waals surface area contributed by atoms with Crippen molar-refractivity contribution in [1.29, 1.82) is 0 Å². The van der Waals surface area contributed by atoms with Gasteiger partial charge in [-0.3, -0.25) is 0 Å². The topological polar surface area (TPSA) is 0 Å². The molecule has 6 aromatic carbocycles. The third kappa shape index (κ3) is 4.59. The highest BCUT2D eigenvalue weighted by atomic mass is 14.3. The summed E-state index contributed by atoms with van der Waals surface area (Å²) in [6.45, 7) is 27.9. The second kappa shape index (κ2) is 9.06. The van der Waals surface area contributed by atoms with E-state index in [0.29, 0.717) is 0 Å². The molecule has 0 N–H and O–H groups in total. The molecule has 0 atom stereocenters. The smallest absolute Gasteiger partial charge is 0.00137 e. The van der Waals surface area contributed by atoms with Crippen molar-refractivity contribution in [3.8, 4) is 0 Å². The molecule has 6 rings (SSSR count). The highest BCUT2D eigenvalue weighted by molar-refractivity contribution is 6.39. The van der Waals surface area contributed by atoms with E-state index < -0.39 is 0 Å². The molecule has 42 heavy (non-hydrogen) atoms. The lowest BCUT2D eigenvalue weighted by atomic mass is 9.78. The summed E-state index contributed by atoms with van der Waals surface area (Å²) in [6, 6.07) is 29.0. The number of benzene rings is 6. The Kier molecular flexibility index (Phi) is 6.20. The van der Waals surface area contributed by atoms with Crippen LogP contribution < -0.4 is 0 Å². The maximum Gasteiger partial charge on any atom is -0.00137 e. The fourth-order valence-electron chi connectivity index (χ4n) is 6.64. The lowest BCUT2D eigenvalue weighted by Gasteiger charge is -2.25. The molecule has 0 aliphatic carbocycles. The molecule has 0 nitrogen and oxygen atoms in total. The zero-order chi connectivity index (χ0) is 30.6. The minimum absolute atomic E-state index is 0.0637. The lowest BCUT2D eigenvalue weighted by Crippen LogP contribution is -2.12. The van der Waals surface area contributed by atoms with Crippen LogP contribution in [0.1, 0.15) is 105 Å². The summed E-state index contributed by atoms with van der Waals surface area (Å²) in [5.41, 5.74) is 5.78. The summed E-state index contributed by atoms with van der Waals surface area (Å²) >= 11 is 0. The first-order valence-corrected chi connectivity index (χ1v) is 15.7. The number of fused-ring (bicyclic) bond motifs is 11. The third-order valence-corrected chi connectivity index (χ3v) is 9.45. The fourth-order valence-corrected chi connectivity index (χ4v) is 6.64. The molecule has 0 heteroatoms. The highest BCUT2D eigenvalue weighted by Crippen LogP contribution is 2.47. The predicted molar refractivity (Wildman–Crippen MR) is 189 cm³/mol. The molecule has 0 saturated carbocycles. The van der Waals surface area contributed by atoms with E-state index in [1.807, 2.05) is 0 Å². The maximum absolute atomic E-state index is 2.50. The van der Waals surface area contributed by atoms with E-state index in [4.69, 9.17) is 0 Å². The average Bonchev–Trinajstić information content (AvgIpc) is 2.89. The molecule has 0 fully saturated rings. The van der Waals surface area contributed by atoms with Crippen LogP contribution in [0, 0.1) is 0 Å². The van der Waals surface area contributed by atoms with E-state index in [2.05, 4.69) is 156 Å². The molecule has 6 aromatic rings. The van der Waals surface area contributed by atoms with E-state index in [-0.39, 0.29) is 21.7 Å². The van der Waals surface area contributed by atoms with Crippen LogP contribution in [0.15, 0.2) is 72.8 Å². The van der Waals surface area contributed by atoms with E-state index in [0.717, 1.165) is 0 Å². The minimum atomic E-state index is 0.0637. The van der Waals surface area contributed by atoms with Gasteiger partial charge in [0.25, 0.3) is 0 Å². The van der Waals surface area contributed by atoms with Gasteiger partial charge < -0.3 is 0 Å². The van der Waals surface area contributed by atoms with Crippen molar-refractivity contribution in [1.82, 2.24) is 0 Å². The fraction of sp³-hybridized carbons (Fsp3) is 0.381. The molecule has 0 bridgehead atoms. The molecule has 0 radical (unpaired) electrons. The Morgan fingerprint density at radius 1 is 0.262 bits per heavy atom. The standard InChI is InChI=1S/C42H48/c1-39(2,3)25-13-17-29-30-18-14-27(41(7,8)9)23-35(30)38-36-24-28(42(10,11)12)16-20-32(36)31-19-15-26(40(4,5)6)22-34(31)37(38)33(29)21-25/h13-24H,1-12H3. The Labute approximate surface area is 253 Å². The summed E-state index contributed by atoms with van der Waals surface area (Å²) in [4.78, 5) is 0. The van der Waals surface area contributed by atoms with Crippen LogP contribution in [0.3, 0.4) is 0 Å². The lowest BCUT2D eigenvalue weighted by molar-refractivity contribution is 0.590. The summed E-state index contributed by atoms with van der Waals surface area (Å²) in [7, 11) is 0. The van der Waals surface area contributed by atoms with Crippen LogP contribution in [0.5, 0.6) is 0 Å². The second-order valence-corrected chi connectivity index (χ2v) is 16.8. The van der Waals surface area contributed by atoms with Crippen LogP contribution in [-0.4, -0.2) is 0 Å². The van der Waals surface area contributed by atoms with Gasteiger partial charge in [0, 0.05) is 0 Å². The van der Waals surface area contributed by atoms with Gasteiger partial charge in [-0.1, -0.05) is 132 Å². The average molecular weight is 553 g/mol. The number of rotatable bonds is 0. The molecular weight excluding hydrogens is 504 g/mol. The van der Waals surface area contributed by atoms with Crippen molar-refractivity contribution < 1.29 is 0 Å². The van der Waals surface area contributed by atoms with Crippen molar-refractivity contribution in [2.24, 2.45) is 0 Å². The molecule has 0 aliphatic rings. The number of hydrogen-bond acceptors (Lipinski definition) is 0. The Hall–Kier alpha value is -3.38. The zero-order valence-corrected chi connectivity index (χ0v) is 27.9. The van der Waals surface area contributed by atoms with Crippen LogP contribution in [0.25, 0.3) is 53.9 Å². The summed E-state index contributed by atoms with van der Waals surface area (Å²) in [5, 5.41) is 13.7. The summed E-state index contributed by atoms with van der Waals surface area (Å²) in [5.74, 6) is 0. The molecular formula is C42H48. The van der Waals surface area contributed by atoms with Crippen LogP contribution in [0.4, 0.5) is 0 Å². The first-order valence-electron chi connectivity index (χ1n) is 15.7. The largest absolute Gasteiger partial charge is 0.0578 e.